The van der Waals surface area contributed by atoms with Gasteiger partial charge < -0.3 is 10.8 Å². The van der Waals surface area contributed by atoms with Crippen LogP contribution in [0.2, 0.25) is 0 Å². The van der Waals surface area contributed by atoms with Gasteiger partial charge in [0.1, 0.15) is 16.8 Å². The molecule has 0 heterocycles. The van der Waals surface area contributed by atoms with Gasteiger partial charge in [-0.2, -0.15) is 5.26 Å². The van der Waals surface area contributed by atoms with E-state index in [1.54, 1.807) is 6.08 Å². The predicted molar refractivity (Wildman–Crippen MR) is 86.7 cm³/mol. The van der Waals surface area contributed by atoms with Crippen LogP contribution in [0, 0.1) is 11.3 Å². The largest absolute Gasteiger partial charge is 0.507 e. The maximum atomic E-state index is 10.3. The van der Waals surface area contributed by atoms with Crippen LogP contribution in [0.1, 0.15) is 56.2 Å². The van der Waals surface area contributed by atoms with Crippen molar-refractivity contribution in [3.8, 4) is 11.8 Å². The number of nitrogens with zero attached hydrogens (tertiary/aromatic N) is 1. The molecule has 0 aliphatic heterocycles. The topological polar surface area (TPSA) is 70.0 Å². The number of phenols is 1. The summed E-state index contributed by atoms with van der Waals surface area (Å²) in [5, 5.41) is 19.4. The lowest BCUT2D eigenvalue weighted by Crippen LogP contribution is -2.09. The van der Waals surface area contributed by atoms with Crippen LogP contribution in [0.15, 0.2) is 17.7 Å². The van der Waals surface area contributed by atoms with Gasteiger partial charge >= 0.3 is 0 Å². The summed E-state index contributed by atoms with van der Waals surface area (Å²) in [6, 6.07) is 5.75. The number of nitrogens with two attached hydrogens (primary N) is 1. The fourth-order valence-electron chi connectivity index (χ4n) is 1.99. The van der Waals surface area contributed by atoms with Crippen molar-refractivity contribution in [3.05, 3.63) is 34.4 Å². The quantitative estimate of drug-likeness (QED) is 0.502. The Kier molecular flexibility index (Phi) is 5.29. The normalized spacial score (nSPS) is 11.8. The number of benzene rings is 1. The Bertz CT molecular complexity index is 566. The molecule has 0 saturated carbocycles. The highest BCUT2D eigenvalue weighted by Gasteiger charge is 2.15. The second kappa shape index (κ2) is 6.53. The number of hydrogen-bond donors (Lipinski definition) is 2. The first-order valence-corrected chi connectivity index (χ1v) is 6.97. The van der Waals surface area contributed by atoms with Crippen LogP contribution < -0.4 is 5.73 Å². The van der Waals surface area contributed by atoms with E-state index in [1.807, 2.05) is 45.9 Å². The first kappa shape index (κ1) is 16.2. The zero-order valence-electron chi connectivity index (χ0n) is 12.3. The molecule has 106 valence electrons. The minimum atomic E-state index is 0.0813. The summed E-state index contributed by atoms with van der Waals surface area (Å²) in [4.78, 5) is 0.0813. The first-order chi connectivity index (χ1) is 9.27. The van der Waals surface area contributed by atoms with Crippen molar-refractivity contribution >= 4 is 23.3 Å². The number of nitriles is 1. The van der Waals surface area contributed by atoms with E-state index >= 15 is 0 Å². The van der Waals surface area contributed by atoms with Gasteiger partial charge in [-0.05, 0) is 46.7 Å². The van der Waals surface area contributed by atoms with Crippen molar-refractivity contribution in [2.24, 2.45) is 5.73 Å². The van der Waals surface area contributed by atoms with Crippen LogP contribution in [0.4, 0.5) is 0 Å². The molecule has 1 aromatic rings. The monoisotopic (exact) mass is 288 g/mol. The Hall–Kier alpha value is -1.86. The van der Waals surface area contributed by atoms with Gasteiger partial charge in [-0.25, -0.2) is 0 Å². The fourth-order valence-corrected chi connectivity index (χ4v) is 2.10. The summed E-state index contributed by atoms with van der Waals surface area (Å²) in [5.41, 5.74) is 8.35. The lowest BCUT2D eigenvalue weighted by Gasteiger charge is -2.16. The molecule has 20 heavy (non-hydrogen) atoms. The van der Waals surface area contributed by atoms with E-state index in [1.165, 1.54) is 0 Å². The van der Waals surface area contributed by atoms with Gasteiger partial charge in [0.05, 0.1) is 5.57 Å². The molecular weight excluding hydrogens is 268 g/mol. The Balaban J connectivity index is 3.50. The van der Waals surface area contributed by atoms with Gasteiger partial charge in [0.25, 0.3) is 0 Å². The number of thiocarbonyl (C=S) groups is 1. The average molecular weight is 288 g/mol. The standard InChI is InChI=1S/C16H20N2OS/c1-9(2)13-6-11(5-12(8-17)16(18)20)7-14(10(3)4)15(13)19/h5-7,9-10,19H,1-4H3,(H2,18,20)/b12-5-. The molecule has 0 aliphatic rings. The summed E-state index contributed by atoms with van der Waals surface area (Å²) in [6.07, 6.45) is 1.67. The molecule has 0 unspecified atom stereocenters. The summed E-state index contributed by atoms with van der Waals surface area (Å²) >= 11 is 4.85. The van der Waals surface area contributed by atoms with E-state index in [0.717, 1.165) is 16.7 Å². The van der Waals surface area contributed by atoms with Crippen LogP contribution in [-0.2, 0) is 0 Å². The third-order valence-corrected chi connectivity index (χ3v) is 3.35. The second-order valence-electron chi connectivity index (χ2n) is 5.39. The van der Waals surface area contributed by atoms with Gasteiger partial charge in [0.15, 0.2) is 0 Å². The summed E-state index contributed by atoms with van der Waals surface area (Å²) in [7, 11) is 0. The predicted octanol–water partition coefficient (Wildman–Crippen LogP) is 3.83. The Morgan fingerprint density at radius 3 is 2.00 bits per heavy atom. The molecule has 0 aromatic heterocycles. The maximum absolute atomic E-state index is 10.3. The fraction of sp³-hybridized carbons (Fsp3) is 0.375. The Morgan fingerprint density at radius 1 is 1.25 bits per heavy atom. The first-order valence-electron chi connectivity index (χ1n) is 6.56. The Labute approximate surface area is 125 Å². The van der Waals surface area contributed by atoms with Crippen LogP contribution in [0.25, 0.3) is 6.08 Å². The lowest BCUT2D eigenvalue weighted by molar-refractivity contribution is 0.454. The SMILES string of the molecule is CC(C)c1cc(/C=C(/C#N)C(N)=S)cc(C(C)C)c1O. The van der Waals surface area contributed by atoms with Gasteiger partial charge in [-0.3, -0.25) is 0 Å². The summed E-state index contributed by atoms with van der Waals surface area (Å²) in [5.74, 6) is 0.716. The number of hydrogen-bond acceptors (Lipinski definition) is 3. The smallest absolute Gasteiger partial charge is 0.122 e. The van der Waals surface area contributed by atoms with Crippen LogP contribution in [0.5, 0.6) is 5.75 Å². The highest BCUT2D eigenvalue weighted by molar-refractivity contribution is 7.80. The molecule has 1 rings (SSSR count). The van der Waals surface area contributed by atoms with Crippen LogP contribution in [0.3, 0.4) is 0 Å². The lowest BCUT2D eigenvalue weighted by atomic mass is 9.91. The van der Waals surface area contributed by atoms with E-state index in [9.17, 15) is 5.11 Å². The minimum absolute atomic E-state index is 0.0813. The van der Waals surface area contributed by atoms with E-state index in [4.69, 9.17) is 23.2 Å². The molecule has 0 amide bonds. The molecule has 0 saturated heterocycles. The molecule has 1 aromatic carbocycles. The van der Waals surface area contributed by atoms with Crippen molar-refractivity contribution in [2.45, 2.75) is 39.5 Å². The highest BCUT2D eigenvalue weighted by atomic mass is 32.1. The molecule has 0 atom stereocenters. The molecular formula is C16H20N2OS. The number of rotatable bonds is 4. The zero-order chi connectivity index (χ0) is 15.4. The van der Waals surface area contributed by atoms with Crippen molar-refractivity contribution in [3.63, 3.8) is 0 Å². The van der Waals surface area contributed by atoms with Gasteiger partial charge in [-0.15, -0.1) is 0 Å². The van der Waals surface area contributed by atoms with Gasteiger partial charge in [-0.1, -0.05) is 39.9 Å². The van der Waals surface area contributed by atoms with E-state index in [2.05, 4.69) is 0 Å². The van der Waals surface area contributed by atoms with Gasteiger partial charge in [0, 0.05) is 0 Å². The molecule has 0 radical (unpaired) electrons. The average Bonchev–Trinajstić information content (AvgIpc) is 2.36. The van der Waals surface area contributed by atoms with Crippen molar-refractivity contribution in [1.29, 1.82) is 5.26 Å². The third-order valence-electron chi connectivity index (χ3n) is 3.13. The number of phenolic OH excluding ortho intramolecular Hbond substituents is 1. The molecule has 3 N–H and O–H groups in total. The van der Waals surface area contributed by atoms with Gasteiger partial charge in [0.2, 0.25) is 0 Å². The van der Waals surface area contributed by atoms with Crippen molar-refractivity contribution in [1.82, 2.24) is 0 Å². The molecule has 0 aliphatic carbocycles. The molecule has 3 nitrogen and oxygen atoms in total. The third kappa shape index (κ3) is 3.58. The molecule has 4 heteroatoms. The van der Waals surface area contributed by atoms with Crippen LogP contribution in [-0.4, -0.2) is 10.1 Å². The Morgan fingerprint density at radius 2 is 1.70 bits per heavy atom. The second-order valence-corrected chi connectivity index (χ2v) is 5.83. The van der Waals surface area contributed by atoms with Crippen molar-refractivity contribution < 1.29 is 5.11 Å². The van der Waals surface area contributed by atoms with E-state index in [0.29, 0.717) is 5.75 Å². The summed E-state index contributed by atoms with van der Waals surface area (Å²) in [6.45, 7) is 8.08. The molecule has 0 fully saturated rings. The van der Waals surface area contributed by atoms with Crippen LogP contribution >= 0.6 is 12.2 Å². The zero-order valence-corrected chi connectivity index (χ0v) is 13.1. The molecule has 0 spiro atoms. The number of aromatic hydroxyl groups is 1. The molecule has 0 bridgehead atoms. The maximum Gasteiger partial charge on any atom is 0.122 e. The van der Waals surface area contributed by atoms with E-state index in [-0.39, 0.29) is 22.4 Å². The minimum Gasteiger partial charge on any atom is -0.507 e. The van der Waals surface area contributed by atoms with Crippen molar-refractivity contribution in [2.75, 3.05) is 0 Å². The van der Waals surface area contributed by atoms with E-state index < -0.39 is 0 Å². The highest BCUT2D eigenvalue weighted by Crippen LogP contribution is 2.35. The summed E-state index contributed by atoms with van der Waals surface area (Å²) < 4.78 is 0.